The average Bonchev–Trinajstić information content (AvgIpc) is 2.44. The highest BCUT2D eigenvalue weighted by Crippen LogP contribution is 2.36. The maximum absolute atomic E-state index is 6.14. The van der Waals surface area contributed by atoms with Crippen LogP contribution in [0.15, 0.2) is 28.0 Å². The summed E-state index contributed by atoms with van der Waals surface area (Å²) in [7, 11) is 3.84. The van der Waals surface area contributed by atoms with Crippen molar-refractivity contribution in [1.29, 1.82) is 0 Å². The second kappa shape index (κ2) is 8.28. The number of benzene rings is 1. The number of nitrogens with zero attached hydrogens (tertiary/aromatic N) is 2. The van der Waals surface area contributed by atoms with Crippen molar-refractivity contribution in [3.63, 3.8) is 0 Å². The van der Waals surface area contributed by atoms with E-state index in [0.717, 1.165) is 28.1 Å². The molecule has 0 atom stereocenters. The first-order valence-electron chi connectivity index (χ1n) is 6.65. The lowest BCUT2D eigenvalue weighted by atomic mass is 10.0. The van der Waals surface area contributed by atoms with Gasteiger partial charge < -0.3 is 16.0 Å². The second-order valence-corrected chi connectivity index (χ2v) is 5.56. The Kier molecular flexibility index (Phi) is 6.70. The molecule has 0 saturated heterocycles. The van der Waals surface area contributed by atoms with E-state index in [1.54, 1.807) is 6.34 Å². The summed E-state index contributed by atoms with van der Waals surface area (Å²) in [6.45, 7) is 6.55. The Hall–Kier alpha value is -2.06. The Morgan fingerprint density at radius 1 is 1.57 bits per heavy atom. The van der Waals surface area contributed by atoms with Gasteiger partial charge in [-0.2, -0.15) is 0 Å². The van der Waals surface area contributed by atoms with E-state index < -0.39 is 0 Å². The number of rotatable bonds is 7. The zero-order valence-corrected chi connectivity index (χ0v) is 13.6. The minimum atomic E-state index is 0.420. The Balaban J connectivity index is 3.16. The quantitative estimate of drug-likeness (QED) is 0.267. The molecule has 0 saturated carbocycles. The molecule has 0 unspecified atom stereocenters. The van der Waals surface area contributed by atoms with Crippen molar-refractivity contribution in [2.75, 3.05) is 31.7 Å². The van der Waals surface area contributed by atoms with Gasteiger partial charge in [0.25, 0.3) is 0 Å². The van der Waals surface area contributed by atoms with E-state index in [2.05, 4.69) is 29.1 Å². The maximum Gasteiger partial charge on any atom is 0.0988 e. The van der Waals surface area contributed by atoms with Crippen LogP contribution in [0.2, 0.25) is 0 Å². The fourth-order valence-corrected chi connectivity index (χ4v) is 2.43. The van der Waals surface area contributed by atoms with Crippen LogP contribution in [0.3, 0.4) is 0 Å². The SMILES string of the molecule is C#CCNc1c(N)cc(C(=C)CC)cc1SN=CN(C)C. The van der Waals surface area contributed by atoms with Crippen molar-refractivity contribution in [3.05, 3.63) is 24.3 Å². The molecule has 3 N–H and O–H groups in total. The second-order valence-electron chi connectivity index (χ2n) is 4.73. The summed E-state index contributed by atoms with van der Waals surface area (Å²) in [5.74, 6) is 2.55. The van der Waals surface area contributed by atoms with Crippen LogP contribution in [-0.4, -0.2) is 31.9 Å². The average molecular weight is 302 g/mol. The van der Waals surface area contributed by atoms with E-state index in [-0.39, 0.29) is 0 Å². The molecule has 0 bridgehead atoms. The number of terminal acetylenes is 1. The third kappa shape index (κ3) is 5.09. The first-order chi connectivity index (χ1) is 9.99. The van der Waals surface area contributed by atoms with Crippen molar-refractivity contribution >= 4 is 35.2 Å². The third-order valence-corrected chi connectivity index (χ3v) is 3.48. The first kappa shape index (κ1) is 17.0. The van der Waals surface area contributed by atoms with Crippen LogP contribution >= 0.6 is 11.9 Å². The van der Waals surface area contributed by atoms with Crippen LogP contribution in [-0.2, 0) is 0 Å². The zero-order chi connectivity index (χ0) is 15.8. The molecule has 4 nitrogen and oxygen atoms in total. The van der Waals surface area contributed by atoms with Gasteiger partial charge in [0.2, 0.25) is 0 Å². The molecular formula is C16H22N4S. The third-order valence-electron chi connectivity index (χ3n) is 2.76. The summed E-state index contributed by atoms with van der Waals surface area (Å²) in [4.78, 5) is 2.81. The summed E-state index contributed by atoms with van der Waals surface area (Å²) in [6, 6.07) is 3.96. The Morgan fingerprint density at radius 2 is 2.29 bits per heavy atom. The molecule has 5 heteroatoms. The highest BCUT2D eigenvalue weighted by atomic mass is 32.2. The van der Waals surface area contributed by atoms with E-state index in [0.29, 0.717) is 12.2 Å². The molecule has 1 rings (SSSR count). The van der Waals surface area contributed by atoms with Crippen molar-refractivity contribution in [3.8, 4) is 12.3 Å². The molecule has 1 aromatic carbocycles. The van der Waals surface area contributed by atoms with Gasteiger partial charge in [-0.1, -0.05) is 19.4 Å². The molecule has 0 radical (unpaired) electrons. The van der Waals surface area contributed by atoms with Crippen LogP contribution in [0.1, 0.15) is 18.9 Å². The predicted octanol–water partition coefficient (Wildman–Crippen LogP) is 3.33. The molecule has 0 aliphatic carbocycles. The van der Waals surface area contributed by atoms with Gasteiger partial charge in [-0.3, -0.25) is 0 Å². The normalized spacial score (nSPS) is 10.4. The summed E-state index contributed by atoms with van der Waals surface area (Å²) in [5, 5.41) is 3.15. The lowest BCUT2D eigenvalue weighted by Crippen LogP contribution is -2.07. The van der Waals surface area contributed by atoms with Crippen LogP contribution in [0.25, 0.3) is 5.57 Å². The Labute approximate surface area is 131 Å². The van der Waals surface area contributed by atoms with Crippen LogP contribution < -0.4 is 11.1 Å². The predicted molar refractivity (Wildman–Crippen MR) is 95.5 cm³/mol. The molecular weight excluding hydrogens is 280 g/mol. The Morgan fingerprint density at radius 3 is 2.86 bits per heavy atom. The van der Waals surface area contributed by atoms with Gasteiger partial charge in [0.05, 0.1) is 29.2 Å². The number of hydrogen-bond donors (Lipinski definition) is 2. The number of nitrogens with two attached hydrogens (primary N) is 1. The van der Waals surface area contributed by atoms with Crippen molar-refractivity contribution < 1.29 is 0 Å². The number of hydrogen-bond acceptors (Lipinski definition) is 4. The summed E-state index contributed by atoms with van der Waals surface area (Å²) in [5.41, 5.74) is 9.69. The number of anilines is 2. The van der Waals surface area contributed by atoms with Crippen molar-refractivity contribution in [2.45, 2.75) is 18.2 Å². The zero-order valence-electron chi connectivity index (χ0n) is 12.8. The minimum absolute atomic E-state index is 0.420. The number of allylic oxidation sites excluding steroid dienone is 1. The molecule has 0 aromatic heterocycles. The lowest BCUT2D eigenvalue weighted by Gasteiger charge is -2.14. The molecule has 0 spiro atoms. The topological polar surface area (TPSA) is 53.6 Å². The number of nitrogen functional groups attached to an aromatic ring is 1. The van der Waals surface area contributed by atoms with Gasteiger partial charge in [0.1, 0.15) is 0 Å². The van der Waals surface area contributed by atoms with E-state index in [1.807, 2.05) is 31.1 Å². The van der Waals surface area contributed by atoms with E-state index in [4.69, 9.17) is 12.2 Å². The molecule has 112 valence electrons. The number of nitrogens with one attached hydrogen (secondary N) is 1. The molecule has 0 fully saturated rings. The molecule has 0 aliphatic rings. The van der Waals surface area contributed by atoms with E-state index >= 15 is 0 Å². The fraction of sp³-hybridized carbons (Fsp3) is 0.312. The molecule has 0 aliphatic heterocycles. The summed E-state index contributed by atoms with van der Waals surface area (Å²) < 4.78 is 4.32. The van der Waals surface area contributed by atoms with Crippen LogP contribution in [0.5, 0.6) is 0 Å². The van der Waals surface area contributed by atoms with Gasteiger partial charge in [-0.15, -0.1) is 6.42 Å². The van der Waals surface area contributed by atoms with Gasteiger partial charge in [-0.25, -0.2) is 4.40 Å². The van der Waals surface area contributed by atoms with E-state index in [1.165, 1.54) is 11.9 Å². The highest BCUT2D eigenvalue weighted by Gasteiger charge is 2.10. The summed E-state index contributed by atoms with van der Waals surface area (Å²) in [6.07, 6.45) is 7.93. The standard InChI is InChI=1S/C16H22N4S/c1-6-8-18-16-14(17)9-13(12(3)7-2)10-15(16)21-19-11-20(4)5/h1,9-11,18H,3,7-8,17H2,2,4-5H3. The summed E-state index contributed by atoms with van der Waals surface area (Å²) >= 11 is 1.36. The van der Waals surface area contributed by atoms with Crippen LogP contribution in [0, 0.1) is 12.3 Å². The van der Waals surface area contributed by atoms with Crippen molar-refractivity contribution in [2.24, 2.45) is 4.40 Å². The highest BCUT2D eigenvalue weighted by molar-refractivity contribution is 7.98. The van der Waals surface area contributed by atoms with Gasteiger partial charge in [-0.05, 0) is 29.7 Å². The first-order valence-corrected chi connectivity index (χ1v) is 7.42. The largest absolute Gasteiger partial charge is 0.397 e. The Bertz CT molecular complexity index is 570. The van der Waals surface area contributed by atoms with Crippen molar-refractivity contribution in [1.82, 2.24) is 4.90 Å². The fourth-order valence-electron chi connectivity index (χ4n) is 1.62. The molecule has 0 heterocycles. The van der Waals surface area contributed by atoms with E-state index in [9.17, 15) is 0 Å². The molecule has 1 aromatic rings. The smallest absolute Gasteiger partial charge is 0.0988 e. The molecule has 21 heavy (non-hydrogen) atoms. The maximum atomic E-state index is 6.14. The van der Waals surface area contributed by atoms with Crippen LogP contribution in [0.4, 0.5) is 11.4 Å². The molecule has 0 amide bonds. The van der Waals surface area contributed by atoms with Gasteiger partial charge >= 0.3 is 0 Å². The minimum Gasteiger partial charge on any atom is -0.397 e. The monoisotopic (exact) mass is 302 g/mol. The lowest BCUT2D eigenvalue weighted by molar-refractivity contribution is 0.645. The van der Waals surface area contributed by atoms with Gasteiger partial charge in [0, 0.05) is 26.0 Å². The van der Waals surface area contributed by atoms with Gasteiger partial charge in [0.15, 0.2) is 0 Å².